The number of nitrogens with zero attached hydrogens (tertiary/aromatic N) is 1. The lowest BCUT2D eigenvalue weighted by molar-refractivity contribution is -0.732. The molecule has 4 aliphatic heterocycles. The number of quaternary nitrogens is 1. The molecule has 3 saturated heterocycles. The van der Waals surface area contributed by atoms with E-state index >= 15 is 0 Å². The lowest BCUT2D eigenvalue weighted by Crippen LogP contribution is -2.99. The van der Waals surface area contributed by atoms with Crippen LogP contribution in [0.3, 0.4) is 0 Å². The van der Waals surface area contributed by atoms with Crippen molar-refractivity contribution < 1.29 is 29.2 Å². The fourth-order valence-electron chi connectivity index (χ4n) is 5.57. The van der Waals surface area contributed by atoms with Crippen molar-refractivity contribution in [2.24, 2.45) is 17.6 Å². The highest BCUT2D eigenvalue weighted by Gasteiger charge is 2.74. The van der Waals surface area contributed by atoms with Gasteiger partial charge in [0.25, 0.3) is 5.91 Å². The maximum absolute atomic E-state index is 13.5. The third-order valence-corrected chi connectivity index (χ3v) is 6.71. The molecule has 0 radical (unpaired) electrons. The third-order valence-electron chi connectivity index (χ3n) is 6.71. The van der Waals surface area contributed by atoms with Crippen LogP contribution in [0.15, 0.2) is 24.3 Å². The number of primary amides is 1. The summed E-state index contributed by atoms with van der Waals surface area (Å²) >= 11 is 0. The van der Waals surface area contributed by atoms with E-state index in [1.165, 1.54) is 4.90 Å². The summed E-state index contributed by atoms with van der Waals surface area (Å²) in [5.74, 6) is -3.25. The van der Waals surface area contributed by atoms with Crippen molar-refractivity contribution in [3.05, 3.63) is 29.8 Å². The number of fused-ring (bicyclic) bond motifs is 4. The molecule has 9 heteroatoms. The first kappa shape index (κ1) is 18.3. The SMILES string of the molecule is NC(=O)C[C@@H]1[NH2+][C@@]2(C(=O)Nc3ccccc32)[C@H]2C(=O)N(C[C@@H]3CCCO3)C(=O)[C@@H]12. The van der Waals surface area contributed by atoms with Gasteiger partial charge in [0, 0.05) is 12.2 Å². The number of amides is 4. The number of hydrogen-bond donors (Lipinski definition) is 3. The van der Waals surface area contributed by atoms with Gasteiger partial charge in [-0.2, -0.15) is 0 Å². The van der Waals surface area contributed by atoms with E-state index in [0.29, 0.717) is 17.9 Å². The Balaban J connectivity index is 1.58. The largest absolute Gasteiger partial charge is 0.376 e. The fourth-order valence-corrected chi connectivity index (χ4v) is 5.57. The molecule has 3 fully saturated rings. The average molecular weight is 399 g/mol. The van der Waals surface area contributed by atoms with Crippen LogP contribution < -0.4 is 16.4 Å². The number of benzene rings is 1. The maximum Gasteiger partial charge on any atom is 0.291 e. The van der Waals surface area contributed by atoms with Gasteiger partial charge >= 0.3 is 0 Å². The monoisotopic (exact) mass is 399 g/mol. The molecule has 5 atom stereocenters. The number of rotatable bonds is 4. The first-order valence-electron chi connectivity index (χ1n) is 9.95. The van der Waals surface area contributed by atoms with E-state index in [1.54, 1.807) is 29.6 Å². The Kier molecular flexibility index (Phi) is 4.01. The summed E-state index contributed by atoms with van der Waals surface area (Å²) in [6, 6.07) is 6.61. The summed E-state index contributed by atoms with van der Waals surface area (Å²) in [4.78, 5) is 52.8. The number of nitrogens with two attached hydrogens (primary N) is 2. The number of imide groups is 1. The Hall–Kier alpha value is -2.78. The molecule has 1 aromatic rings. The minimum Gasteiger partial charge on any atom is -0.376 e. The second kappa shape index (κ2) is 6.36. The van der Waals surface area contributed by atoms with Gasteiger partial charge in [-0.3, -0.25) is 24.1 Å². The molecule has 5 N–H and O–H groups in total. The predicted molar refractivity (Wildman–Crippen MR) is 98.9 cm³/mol. The lowest BCUT2D eigenvalue weighted by Gasteiger charge is -2.27. The molecule has 0 unspecified atom stereocenters. The van der Waals surface area contributed by atoms with Crippen molar-refractivity contribution >= 4 is 29.3 Å². The van der Waals surface area contributed by atoms with Crippen LogP contribution in [0.2, 0.25) is 0 Å². The zero-order chi connectivity index (χ0) is 20.3. The number of carbonyl (C=O) groups excluding carboxylic acids is 4. The molecule has 0 saturated carbocycles. The molecular formula is C20H23N4O5+. The maximum atomic E-state index is 13.5. The van der Waals surface area contributed by atoms with Crippen LogP contribution in [-0.2, 0) is 29.5 Å². The van der Waals surface area contributed by atoms with Gasteiger partial charge in [-0.15, -0.1) is 0 Å². The molecular weight excluding hydrogens is 376 g/mol. The van der Waals surface area contributed by atoms with Gasteiger partial charge < -0.3 is 21.1 Å². The van der Waals surface area contributed by atoms with Crippen LogP contribution in [0.25, 0.3) is 0 Å². The summed E-state index contributed by atoms with van der Waals surface area (Å²) in [7, 11) is 0. The number of carbonyl (C=O) groups is 4. The van der Waals surface area contributed by atoms with E-state index in [4.69, 9.17) is 10.5 Å². The van der Waals surface area contributed by atoms with Crippen molar-refractivity contribution in [1.29, 1.82) is 0 Å². The van der Waals surface area contributed by atoms with Gasteiger partial charge in [0.05, 0.1) is 24.8 Å². The fraction of sp³-hybridized carbons (Fsp3) is 0.500. The van der Waals surface area contributed by atoms with Crippen LogP contribution in [0.1, 0.15) is 24.8 Å². The second-order valence-corrected chi connectivity index (χ2v) is 8.30. The number of anilines is 1. The first-order valence-corrected chi connectivity index (χ1v) is 9.95. The van der Waals surface area contributed by atoms with Crippen LogP contribution >= 0.6 is 0 Å². The summed E-state index contributed by atoms with van der Waals surface area (Å²) in [5.41, 5.74) is 5.47. The van der Waals surface area contributed by atoms with Crippen molar-refractivity contribution in [1.82, 2.24) is 4.90 Å². The predicted octanol–water partition coefficient (Wildman–Crippen LogP) is -1.56. The molecule has 5 rings (SSSR count). The number of likely N-dealkylation sites (tertiary alicyclic amines) is 1. The van der Waals surface area contributed by atoms with Crippen LogP contribution in [0, 0.1) is 11.8 Å². The van der Waals surface area contributed by atoms with Gasteiger partial charge in [0.15, 0.2) is 0 Å². The summed E-state index contributed by atoms with van der Waals surface area (Å²) < 4.78 is 5.61. The number of hydrogen-bond acceptors (Lipinski definition) is 5. The molecule has 9 nitrogen and oxygen atoms in total. The lowest BCUT2D eigenvalue weighted by atomic mass is 9.76. The van der Waals surface area contributed by atoms with Crippen molar-refractivity contribution in [3.63, 3.8) is 0 Å². The van der Waals surface area contributed by atoms with Gasteiger partial charge in [-0.05, 0) is 18.9 Å². The van der Waals surface area contributed by atoms with Gasteiger partial charge in [-0.1, -0.05) is 18.2 Å². The zero-order valence-corrected chi connectivity index (χ0v) is 15.8. The highest BCUT2D eigenvalue weighted by molar-refractivity contribution is 6.14. The number of ether oxygens (including phenoxy) is 1. The van der Waals surface area contributed by atoms with E-state index in [-0.39, 0.29) is 36.8 Å². The van der Waals surface area contributed by atoms with E-state index in [0.717, 1.165) is 12.8 Å². The van der Waals surface area contributed by atoms with Crippen LogP contribution in [-0.4, -0.2) is 53.8 Å². The van der Waals surface area contributed by atoms with Crippen molar-refractivity contribution in [2.45, 2.75) is 36.9 Å². The Morgan fingerprint density at radius 2 is 2.07 bits per heavy atom. The quantitative estimate of drug-likeness (QED) is 0.526. The standard InChI is InChI=1S/C20H22N4O5/c21-14(25)8-13-15-16(18(27)24(17(15)26)9-10-4-3-7-29-10)20(23-13)11-5-1-2-6-12(11)22-19(20)28/h1-2,5-6,10,13,15-16,23H,3-4,7-9H2,(H2,21,25)(H,22,28)/p+1/t10-,13-,15-,16+,20+/m0/s1. The van der Waals surface area contributed by atoms with E-state index in [1.807, 2.05) is 0 Å². The van der Waals surface area contributed by atoms with Crippen LogP contribution in [0.5, 0.6) is 0 Å². The molecule has 0 bridgehead atoms. The molecule has 1 spiro atoms. The Morgan fingerprint density at radius 1 is 1.28 bits per heavy atom. The van der Waals surface area contributed by atoms with Gasteiger partial charge in [-0.25, -0.2) is 0 Å². The van der Waals surface area contributed by atoms with E-state index in [2.05, 4.69) is 5.32 Å². The van der Waals surface area contributed by atoms with Gasteiger partial charge in [0.2, 0.25) is 23.3 Å². The second-order valence-electron chi connectivity index (χ2n) is 8.30. The topological polar surface area (TPSA) is 135 Å². The highest BCUT2D eigenvalue weighted by atomic mass is 16.5. The Bertz CT molecular complexity index is 927. The average Bonchev–Trinajstić information content (AvgIpc) is 3.41. The van der Waals surface area contributed by atoms with E-state index in [9.17, 15) is 19.2 Å². The summed E-state index contributed by atoms with van der Waals surface area (Å²) in [6.07, 6.45) is 1.43. The minimum absolute atomic E-state index is 0.0782. The normalized spacial score (nSPS) is 35.3. The Morgan fingerprint density at radius 3 is 2.79 bits per heavy atom. The molecule has 1 aromatic carbocycles. The molecule has 4 amide bonds. The molecule has 152 valence electrons. The molecule has 0 aliphatic carbocycles. The molecule has 29 heavy (non-hydrogen) atoms. The minimum atomic E-state index is -1.26. The Labute approximate surface area is 166 Å². The summed E-state index contributed by atoms with van der Waals surface area (Å²) in [6.45, 7) is 0.804. The molecule has 4 heterocycles. The van der Waals surface area contributed by atoms with Gasteiger partial charge in [0.1, 0.15) is 17.9 Å². The van der Waals surface area contributed by atoms with Crippen molar-refractivity contribution in [3.8, 4) is 0 Å². The summed E-state index contributed by atoms with van der Waals surface area (Å²) in [5, 5.41) is 4.56. The first-order chi connectivity index (χ1) is 13.9. The van der Waals surface area contributed by atoms with Crippen LogP contribution in [0.4, 0.5) is 5.69 Å². The van der Waals surface area contributed by atoms with Crippen molar-refractivity contribution in [2.75, 3.05) is 18.5 Å². The number of nitrogens with one attached hydrogen (secondary N) is 1. The zero-order valence-electron chi connectivity index (χ0n) is 15.8. The third kappa shape index (κ3) is 2.47. The smallest absolute Gasteiger partial charge is 0.291 e. The highest BCUT2D eigenvalue weighted by Crippen LogP contribution is 2.49. The van der Waals surface area contributed by atoms with E-state index < -0.39 is 29.3 Å². The molecule has 0 aromatic heterocycles. The molecule has 4 aliphatic rings. The number of para-hydroxylation sites is 1.